The molecule has 2 N–H and O–H groups in total. The van der Waals surface area contributed by atoms with Crippen LogP contribution in [0.2, 0.25) is 0 Å². The van der Waals surface area contributed by atoms with Gasteiger partial charge in [0.25, 0.3) is 5.69 Å². The van der Waals surface area contributed by atoms with E-state index in [4.69, 9.17) is 5.73 Å². The Morgan fingerprint density at radius 3 is 2.89 bits per heavy atom. The molecule has 100 valence electrons. The van der Waals surface area contributed by atoms with E-state index in [0.29, 0.717) is 12.1 Å². The van der Waals surface area contributed by atoms with Gasteiger partial charge in [-0.15, -0.1) is 5.10 Å². The molecule has 2 aromatic rings. The molecular formula is C12H15N5O2. The Balaban J connectivity index is 2.24. The molecular weight excluding hydrogens is 246 g/mol. The van der Waals surface area contributed by atoms with Gasteiger partial charge in [0.2, 0.25) is 0 Å². The Morgan fingerprint density at radius 2 is 2.26 bits per heavy atom. The summed E-state index contributed by atoms with van der Waals surface area (Å²) in [6.45, 7) is 2.32. The van der Waals surface area contributed by atoms with Crippen LogP contribution < -0.4 is 5.73 Å². The first kappa shape index (κ1) is 13.2. The summed E-state index contributed by atoms with van der Waals surface area (Å²) in [5, 5.41) is 18.8. The fraction of sp³-hybridized carbons (Fsp3) is 0.333. The topological polar surface area (TPSA) is 99.9 Å². The highest BCUT2D eigenvalue weighted by Crippen LogP contribution is 2.20. The molecule has 7 nitrogen and oxygen atoms in total. The number of rotatable bonds is 5. The number of nitrogens with two attached hydrogens (primary N) is 1. The molecule has 0 unspecified atom stereocenters. The Labute approximate surface area is 110 Å². The number of benzene rings is 1. The zero-order chi connectivity index (χ0) is 13.8. The molecule has 0 radical (unpaired) electrons. The Kier molecular flexibility index (Phi) is 3.86. The fourth-order valence-electron chi connectivity index (χ4n) is 1.81. The van der Waals surface area contributed by atoms with Crippen molar-refractivity contribution in [2.24, 2.45) is 5.73 Å². The van der Waals surface area contributed by atoms with Crippen LogP contribution in [-0.4, -0.2) is 26.5 Å². The van der Waals surface area contributed by atoms with E-state index in [-0.39, 0.29) is 5.69 Å². The number of aromatic nitrogens is 3. The van der Waals surface area contributed by atoms with Crippen LogP contribution in [0.4, 0.5) is 5.69 Å². The minimum atomic E-state index is -0.396. The molecule has 0 aliphatic heterocycles. The normalized spacial score (nSPS) is 10.6. The van der Waals surface area contributed by atoms with Crippen LogP contribution in [0.15, 0.2) is 24.4 Å². The lowest BCUT2D eigenvalue weighted by atomic mass is 10.2. The van der Waals surface area contributed by atoms with E-state index in [9.17, 15) is 10.1 Å². The molecule has 7 heteroatoms. The van der Waals surface area contributed by atoms with E-state index in [1.54, 1.807) is 23.7 Å². The summed E-state index contributed by atoms with van der Waals surface area (Å²) in [6, 6.07) is 4.86. The Morgan fingerprint density at radius 1 is 1.47 bits per heavy atom. The van der Waals surface area contributed by atoms with E-state index in [2.05, 4.69) is 10.3 Å². The molecule has 0 aliphatic rings. The van der Waals surface area contributed by atoms with Crippen molar-refractivity contribution in [2.45, 2.75) is 19.8 Å². The number of hydrogen-bond acceptors (Lipinski definition) is 5. The van der Waals surface area contributed by atoms with E-state index in [1.807, 2.05) is 6.20 Å². The Bertz CT molecular complexity index is 594. The molecule has 19 heavy (non-hydrogen) atoms. The molecule has 0 atom stereocenters. The van der Waals surface area contributed by atoms with Crippen molar-refractivity contribution in [2.75, 3.05) is 6.54 Å². The molecule has 0 spiro atoms. The predicted octanol–water partition coefficient (Wildman–Crippen LogP) is 1.38. The third-order valence-electron chi connectivity index (χ3n) is 2.82. The lowest BCUT2D eigenvalue weighted by Gasteiger charge is -2.02. The quantitative estimate of drug-likeness (QED) is 0.647. The maximum Gasteiger partial charge on any atom is 0.272 e. The highest BCUT2D eigenvalue weighted by Gasteiger charge is 2.11. The van der Waals surface area contributed by atoms with Gasteiger partial charge in [-0.1, -0.05) is 5.21 Å². The van der Waals surface area contributed by atoms with Crippen molar-refractivity contribution in [1.82, 2.24) is 15.0 Å². The third-order valence-corrected chi connectivity index (χ3v) is 2.82. The molecule has 0 fully saturated rings. The minimum absolute atomic E-state index is 0.104. The molecule has 1 aromatic carbocycles. The Hall–Kier alpha value is -2.28. The highest BCUT2D eigenvalue weighted by molar-refractivity contribution is 5.47. The van der Waals surface area contributed by atoms with Gasteiger partial charge in [0.1, 0.15) is 0 Å². The van der Waals surface area contributed by atoms with Crippen molar-refractivity contribution in [1.29, 1.82) is 0 Å². The summed E-state index contributed by atoms with van der Waals surface area (Å²) in [7, 11) is 0. The van der Waals surface area contributed by atoms with Crippen molar-refractivity contribution >= 4 is 5.69 Å². The molecule has 0 aliphatic carbocycles. The van der Waals surface area contributed by atoms with Crippen LogP contribution >= 0.6 is 0 Å². The smallest absolute Gasteiger partial charge is 0.272 e. The molecule has 1 aromatic heterocycles. The fourth-order valence-corrected chi connectivity index (χ4v) is 1.81. The van der Waals surface area contributed by atoms with Crippen molar-refractivity contribution in [3.8, 4) is 5.69 Å². The van der Waals surface area contributed by atoms with Gasteiger partial charge in [-0.2, -0.15) is 0 Å². The maximum atomic E-state index is 10.8. The van der Waals surface area contributed by atoms with E-state index < -0.39 is 4.92 Å². The lowest BCUT2D eigenvalue weighted by Crippen LogP contribution is -2.00. The van der Waals surface area contributed by atoms with Crippen molar-refractivity contribution in [3.05, 3.63) is 45.8 Å². The molecule has 0 saturated heterocycles. The van der Waals surface area contributed by atoms with Crippen molar-refractivity contribution < 1.29 is 4.92 Å². The molecule has 0 saturated carbocycles. The van der Waals surface area contributed by atoms with Gasteiger partial charge in [0, 0.05) is 11.6 Å². The van der Waals surface area contributed by atoms with Crippen LogP contribution in [0.3, 0.4) is 0 Å². The van der Waals surface area contributed by atoms with E-state index in [0.717, 1.165) is 24.2 Å². The first-order chi connectivity index (χ1) is 9.11. The summed E-state index contributed by atoms with van der Waals surface area (Å²) in [5.74, 6) is 0. The second-order valence-corrected chi connectivity index (χ2v) is 4.27. The van der Waals surface area contributed by atoms with Gasteiger partial charge in [0.15, 0.2) is 0 Å². The van der Waals surface area contributed by atoms with Crippen LogP contribution in [0.25, 0.3) is 5.69 Å². The van der Waals surface area contributed by atoms with Crippen LogP contribution in [0.5, 0.6) is 0 Å². The van der Waals surface area contributed by atoms with Gasteiger partial charge in [-0.25, -0.2) is 4.68 Å². The monoisotopic (exact) mass is 261 g/mol. The minimum Gasteiger partial charge on any atom is -0.330 e. The van der Waals surface area contributed by atoms with Crippen LogP contribution in [-0.2, 0) is 6.42 Å². The summed E-state index contributed by atoms with van der Waals surface area (Å²) in [5.41, 5.74) is 7.76. The summed E-state index contributed by atoms with van der Waals surface area (Å²) < 4.78 is 1.61. The second kappa shape index (κ2) is 5.57. The van der Waals surface area contributed by atoms with E-state index >= 15 is 0 Å². The molecule has 0 bridgehead atoms. The third kappa shape index (κ3) is 2.94. The molecule has 2 rings (SSSR count). The molecule has 0 amide bonds. The number of nitro benzene ring substituents is 1. The summed E-state index contributed by atoms with van der Waals surface area (Å²) in [6.07, 6.45) is 3.46. The average molecular weight is 261 g/mol. The first-order valence-corrected chi connectivity index (χ1v) is 5.98. The van der Waals surface area contributed by atoms with Crippen LogP contribution in [0, 0.1) is 17.0 Å². The van der Waals surface area contributed by atoms with Gasteiger partial charge in [-0.3, -0.25) is 10.1 Å². The van der Waals surface area contributed by atoms with E-state index in [1.165, 1.54) is 6.07 Å². The van der Waals surface area contributed by atoms with Gasteiger partial charge in [0.05, 0.1) is 22.5 Å². The first-order valence-electron chi connectivity index (χ1n) is 5.98. The number of nitro groups is 1. The van der Waals surface area contributed by atoms with Gasteiger partial charge < -0.3 is 5.73 Å². The lowest BCUT2D eigenvalue weighted by molar-refractivity contribution is -0.385. The zero-order valence-corrected chi connectivity index (χ0v) is 10.6. The maximum absolute atomic E-state index is 10.8. The number of nitrogens with zero attached hydrogens (tertiary/aromatic N) is 4. The summed E-state index contributed by atoms with van der Waals surface area (Å²) >= 11 is 0. The predicted molar refractivity (Wildman–Crippen MR) is 70.1 cm³/mol. The van der Waals surface area contributed by atoms with Gasteiger partial charge in [-0.05, 0) is 38.4 Å². The molecule has 1 heterocycles. The summed E-state index contributed by atoms with van der Waals surface area (Å²) in [4.78, 5) is 10.4. The SMILES string of the molecule is Cc1cc(-n2cc(CCCN)nn2)ccc1[N+](=O)[O-]. The number of hydrogen-bond donors (Lipinski definition) is 1. The zero-order valence-electron chi connectivity index (χ0n) is 10.6. The van der Waals surface area contributed by atoms with Crippen molar-refractivity contribution in [3.63, 3.8) is 0 Å². The van der Waals surface area contributed by atoms with Crippen LogP contribution in [0.1, 0.15) is 17.7 Å². The largest absolute Gasteiger partial charge is 0.330 e. The standard InChI is InChI=1S/C12H15N5O2/c1-9-7-11(4-5-12(9)17(18)19)16-8-10(14-15-16)3-2-6-13/h4-5,7-8H,2-3,6,13H2,1H3. The van der Waals surface area contributed by atoms with Gasteiger partial charge >= 0.3 is 0 Å². The average Bonchev–Trinajstić information content (AvgIpc) is 2.84. The highest BCUT2D eigenvalue weighted by atomic mass is 16.6. The second-order valence-electron chi connectivity index (χ2n) is 4.27. The number of aryl methyl sites for hydroxylation is 2.